The molecule has 0 spiro atoms. The van der Waals surface area contributed by atoms with Crippen molar-refractivity contribution in [3.8, 4) is 0 Å². The zero-order chi connectivity index (χ0) is 15.1. The van der Waals surface area contributed by atoms with E-state index in [-0.39, 0.29) is 5.91 Å². The molecule has 2 aromatic rings. The first kappa shape index (κ1) is 13.8. The molecule has 6 nitrogen and oxygen atoms in total. The Morgan fingerprint density at radius 1 is 1.48 bits per heavy atom. The van der Waals surface area contributed by atoms with Crippen LogP contribution in [-0.4, -0.2) is 38.2 Å². The number of hydrogen-bond acceptors (Lipinski definition) is 4. The van der Waals surface area contributed by atoms with Crippen LogP contribution < -0.4 is 0 Å². The molecule has 0 aromatic carbocycles. The largest absolute Gasteiger partial charge is 0.479 e. The number of hydrogen-bond donors (Lipinski definition) is 1. The van der Waals surface area contributed by atoms with Crippen LogP contribution in [0.3, 0.4) is 0 Å². The van der Waals surface area contributed by atoms with E-state index in [0.29, 0.717) is 18.5 Å². The number of aromatic nitrogens is 2. The van der Waals surface area contributed by atoms with E-state index in [2.05, 4.69) is 5.10 Å². The Bertz CT molecular complexity index is 719. The van der Waals surface area contributed by atoms with Gasteiger partial charge in [0.15, 0.2) is 6.04 Å². The third kappa shape index (κ3) is 2.13. The van der Waals surface area contributed by atoms with Gasteiger partial charge in [0.2, 0.25) is 0 Å². The summed E-state index contributed by atoms with van der Waals surface area (Å²) in [5.74, 6) is -1.27. The van der Waals surface area contributed by atoms with Gasteiger partial charge in [-0.15, -0.1) is 11.3 Å². The van der Waals surface area contributed by atoms with Crippen molar-refractivity contribution in [3.05, 3.63) is 39.3 Å². The van der Waals surface area contributed by atoms with Crippen LogP contribution in [-0.2, 0) is 18.3 Å². The third-order valence-electron chi connectivity index (χ3n) is 3.93. The minimum absolute atomic E-state index is 0.273. The molecule has 1 aliphatic heterocycles. The van der Waals surface area contributed by atoms with Gasteiger partial charge in [-0.25, -0.2) is 4.79 Å². The van der Waals surface area contributed by atoms with E-state index < -0.39 is 12.0 Å². The topological polar surface area (TPSA) is 75.4 Å². The van der Waals surface area contributed by atoms with Gasteiger partial charge < -0.3 is 10.0 Å². The molecule has 0 saturated heterocycles. The molecular formula is C14H15N3O3S. The molecule has 7 heteroatoms. The lowest BCUT2D eigenvalue weighted by Gasteiger charge is -2.33. The van der Waals surface area contributed by atoms with E-state index in [4.69, 9.17) is 0 Å². The summed E-state index contributed by atoms with van der Waals surface area (Å²) in [4.78, 5) is 26.8. The quantitative estimate of drug-likeness (QED) is 0.914. The maximum atomic E-state index is 12.7. The number of thiophene rings is 1. The molecule has 3 heterocycles. The van der Waals surface area contributed by atoms with Crippen molar-refractivity contribution in [1.29, 1.82) is 0 Å². The fourth-order valence-corrected chi connectivity index (χ4v) is 3.57. The predicted octanol–water partition coefficient (Wildman–Crippen LogP) is 1.61. The van der Waals surface area contributed by atoms with Gasteiger partial charge in [-0.2, -0.15) is 5.10 Å². The molecule has 1 atom stereocenters. The molecule has 1 amide bonds. The number of carboxylic acid groups (broad SMARTS) is 1. The van der Waals surface area contributed by atoms with Crippen LogP contribution in [0.2, 0.25) is 0 Å². The monoisotopic (exact) mass is 305 g/mol. The zero-order valence-electron chi connectivity index (χ0n) is 11.7. The molecule has 3 rings (SSSR count). The first-order valence-electron chi connectivity index (χ1n) is 6.59. The first-order valence-corrected chi connectivity index (χ1v) is 7.47. The van der Waals surface area contributed by atoms with Crippen molar-refractivity contribution < 1.29 is 14.7 Å². The maximum absolute atomic E-state index is 12.7. The number of carboxylic acids is 1. The zero-order valence-corrected chi connectivity index (χ0v) is 12.6. The van der Waals surface area contributed by atoms with Gasteiger partial charge in [0.1, 0.15) is 0 Å². The van der Waals surface area contributed by atoms with Crippen LogP contribution in [0.4, 0.5) is 0 Å². The number of nitrogens with zero attached hydrogens (tertiary/aromatic N) is 3. The number of fused-ring (bicyclic) bond motifs is 1. The molecule has 0 bridgehead atoms. The highest BCUT2D eigenvalue weighted by Gasteiger charge is 2.37. The van der Waals surface area contributed by atoms with Crippen LogP contribution in [0.5, 0.6) is 0 Å². The number of amides is 1. The van der Waals surface area contributed by atoms with Gasteiger partial charge in [-0.1, -0.05) is 0 Å². The van der Waals surface area contributed by atoms with E-state index >= 15 is 0 Å². The number of carbonyl (C=O) groups is 2. The van der Waals surface area contributed by atoms with Gasteiger partial charge in [-0.3, -0.25) is 9.48 Å². The molecule has 110 valence electrons. The smallest absolute Gasteiger partial charge is 0.331 e. The second-order valence-corrected chi connectivity index (χ2v) is 6.06. The Hall–Kier alpha value is -2.15. The van der Waals surface area contributed by atoms with Crippen LogP contribution in [0, 0.1) is 6.92 Å². The molecular weight excluding hydrogens is 290 g/mol. The van der Waals surface area contributed by atoms with Gasteiger partial charge >= 0.3 is 5.97 Å². The van der Waals surface area contributed by atoms with Crippen LogP contribution >= 0.6 is 11.3 Å². The number of carbonyl (C=O) groups excluding carboxylic acids is 1. The van der Waals surface area contributed by atoms with E-state index in [0.717, 1.165) is 16.1 Å². The summed E-state index contributed by atoms with van der Waals surface area (Å²) in [6.45, 7) is 2.22. The summed E-state index contributed by atoms with van der Waals surface area (Å²) in [6.07, 6.45) is 2.20. The lowest BCUT2D eigenvalue weighted by molar-refractivity contribution is -0.142. The lowest BCUT2D eigenvalue weighted by Crippen LogP contribution is -2.43. The molecule has 21 heavy (non-hydrogen) atoms. The summed E-state index contributed by atoms with van der Waals surface area (Å²) in [6, 6.07) is 0.890. The van der Waals surface area contributed by atoms with Crippen molar-refractivity contribution in [1.82, 2.24) is 14.7 Å². The van der Waals surface area contributed by atoms with Crippen molar-refractivity contribution in [3.63, 3.8) is 0 Å². The molecule has 1 N–H and O–H groups in total. The van der Waals surface area contributed by atoms with Crippen molar-refractivity contribution in [2.75, 3.05) is 6.54 Å². The second-order valence-electron chi connectivity index (χ2n) is 5.06. The predicted molar refractivity (Wildman–Crippen MR) is 77.4 cm³/mol. The number of aryl methyl sites for hydroxylation is 1. The molecule has 0 aliphatic carbocycles. The maximum Gasteiger partial charge on any atom is 0.331 e. The van der Waals surface area contributed by atoms with Crippen molar-refractivity contribution >= 4 is 23.2 Å². The summed E-state index contributed by atoms with van der Waals surface area (Å²) in [5.41, 5.74) is 1.93. The number of rotatable bonds is 2. The van der Waals surface area contributed by atoms with E-state index in [1.54, 1.807) is 36.1 Å². The fraction of sp³-hybridized carbons (Fsp3) is 0.357. The standard InChI is InChI=1S/C14H15N3O3S/c1-8-10(7-15-16(8)2)13(18)17-5-3-11-9(4-6-21-11)12(17)14(19)20/h4,6-7,12H,3,5H2,1-2H3,(H,19,20). The molecule has 1 unspecified atom stereocenters. The van der Waals surface area contributed by atoms with E-state index in [1.807, 2.05) is 5.38 Å². The van der Waals surface area contributed by atoms with Crippen molar-refractivity contribution in [2.24, 2.45) is 7.05 Å². The van der Waals surface area contributed by atoms with Crippen LogP contribution in [0.15, 0.2) is 17.6 Å². The van der Waals surface area contributed by atoms with Crippen LogP contribution in [0.1, 0.15) is 32.5 Å². The SMILES string of the molecule is Cc1c(C(=O)N2CCc3sccc3C2C(=O)O)cnn1C. The lowest BCUT2D eigenvalue weighted by atomic mass is 9.99. The average molecular weight is 305 g/mol. The summed E-state index contributed by atoms with van der Waals surface area (Å²) < 4.78 is 1.61. The van der Waals surface area contributed by atoms with Gasteiger partial charge in [0, 0.05) is 24.2 Å². The summed E-state index contributed by atoms with van der Waals surface area (Å²) in [7, 11) is 1.76. The molecule has 1 aliphatic rings. The highest BCUT2D eigenvalue weighted by Crippen LogP contribution is 2.34. The van der Waals surface area contributed by atoms with E-state index in [9.17, 15) is 14.7 Å². The molecule has 0 saturated carbocycles. The Morgan fingerprint density at radius 3 is 2.86 bits per heavy atom. The highest BCUT2D eigenvalue weighted by atomic mass is 32.1. The summed E-state index contributed by atoms with van der Waals surface area (Å²) >= 11 is 1.55. The normalized spacial score (nSPS) is 17.6. The molecule has 0 fully saturated rings. The Kier molecular flexibility index (Phi) is 3.29. The number of aliphatic carboxylic acids is 1. The van der Waals surface area contributed by atoms with E-state index in [1.165, 1.54) is 11.1 Å². The van der Waals surface area contributed by atoms with Gasteiger partial charge in [-0.05, 0) is 30.4 Å². The Balaban J connectivity index is 2.00. The highest BCUT2D eigenvalue weighted by molar-refractivity contribution is 7.10. The third-order valence-corrected chi connectivity index (χ3v) is 4.92. The Labute approximate surface area is 125 Å². The second kappa shape index (κ2) is 5.00. The average Bonchev–Trinajstić information content (AvgIpc) is 3.04. The van der Waals surface area contributed by atoms with Gasteiger partial charge in [0.05, 0.1) is 11.8 Å². The summed E-state index contributed by atoms with van der Waals surface area (Å²) in [5, 5.41) is 15.5. The first-order chi connectivity index (χ1) is 10.0. The minimum atomic E-state index is -0.996. The van der Waals surface area contributed by atoms with Crippen molar-refractivity contribution in [2.45, 2.75) is 19.4 Å². The molecule has 0 radical (unpaired) electrons. The molecule has 2 aromatic heterocycles. The van der Waals surface area contributed by atoms with Crippen LogP contribution in [0.25, 0.3) is 0 Å². The minimum Gasteiger partial charge on any atom is -0.479 e. The fourth-order valence-electron chi connectivity index (χ4n) is 2.66. The Morgan fingerprint density at radius 2 is 2.24 bits per heavy atom. The van der Waals surface area contributed by atoms with Gasteiger partial charge in [0.25, 0.3) is 5.91 Å².